The largest absolute Gasteiger partial charge is 0.369 e. The van der Waals surface area contributed by atoms with Gasteiger partial charge in [-0.1, -0.05) is 6.92 Å². The highest BCUT2D eigenvalue weighted by atomic mass is 19.1. The highest BCUT2D eigenvalue weighted by Gasteiger charge is 2.26. The standard InChI is InChI=1S/C12H17FN4O/c1-2-9-10(13)12(16-7-15-9)17-5-3-8(4-6-17)11(14)18/h7-8H,2-6H2,1H3,(H2,14,18). The number of carbonyl (C=O) groups excluding carboxylic acids is 1. The Bertz CT molecular complexity index is 444. The second-order valence-corrected chi connectivity index (χ2v) is 4.48. The van der Waals surface area contributed by atoms with E-state index in [4.69, 9.17) is 5.73 Å². The van der Waals surface area contributed by atoms with Gasteiger partial charge in [-0.2, -0.15) is 0 Å². The molecule has 1 amide bonds. The van der Waals surface area contributed by atoms with Crippen molar-refractivity contribution in [1.82, 2.24) is 9.97 Å². The van der Waals surface area contributed by atoms with Crippen LogP contribution in [0.5, 0.6) is 0 Å². The Labute approximate surface area is 105 Å². The van der Waals surface area contributed by atoms with Crippen LogP contribution in [0, 0.1) is 11.7 Å². The molecule has 98 valence electrons. The zero-order valence-electron chi connectivity index (χ0n) is 10.4. The first-order chi connectivity index (χ1) is 8.63. The van der Waals surface area contributed by atoms with E-state index >= 15 is 0 Å². The molecule has 1 fully saturated rings. The Balaban J connectivity index is 2.12. The second-order valence-electron chi connectivity index (χ2n) is 4.48. The zero-order valence-corrected chi connectivity index (χ0v) is 10.4. The topological polar surface area (TPSA) is 72.1 Å². The van der Waals surface area contributed by atoms with E-state index in [-0.39, 0.29) is 17.6 Å². The first-order valence-corrected chi connectivity index (χ1v) is 6.17. The van der Waals surface area contributed by atoms with Gasteiger partial charge in [-0.25, -0.2) is 14.4 Å². The molecule has 1 aliphatic rings. The number of piperidine rings is 1. The van der Waals surface area contributed by atoms with Crippen LogP contribution in [0.2, 0.25) is 0 Å². The summed E-state index contributed by atoms with van der Waals surface area (Å²) < 4.78 is 14.1. The fourth-order valence-electron chi connectivity index (χ4n) is 2.24. The SMILES string of the molecule is CCc1ncnc(N2CCC(C(N)=O)CC2)c1F. The number of aromatic nitrogens is 2. The lowest BCUT2D eigenvalue weighted by Crippen LogP contribution is -2.39. The Morgan fingerprint density at radius 1 is 1.50 bits per heavy atom. The predicted octanol–water partition coefficient (Wildman–Crippen LogP) is 0.880. The van der Waals surface area contributed by atoms with Crippen molar-refractivity contribution in [2.45, 2.75) is 26.2 Å². The number of primary amides is 1. The average Bonchev–Trinajstić information content (AvgIpc) is 2.39. The molecular formula is C12H17FN4O. The first-order valence-electron chi connectivity index (χ1n) is 6.17. The van der Waals surface area contributed by atoms with Gasteiger partial charge >= 0.3 is 0 Å². The maximum absolute atomic E-state index is 14.1. The molecule has 1 saturated heterocycles. The zero-order chi connectivity index (χ0) is 13.1. The third-order valence-corrected chi connectivity index (χ3v) is 3.38. The molecule has 6 heteroatoms. The van der Waals surface area contributed by atoms with Crippen molar-refractivity contribution in [3.8, 4) is 0 Å². The van der Waals surface area contributed by atoms with Crippen molar-refractivity contribution >= 4 is 11.7 Å². The summed E-state index contributed by atoms with van der Waals surface area (Å²) in [4.78, 5) is 20.8. The van der Waals surface area contributed by atoms with Gasteiger partial charge in [-0.15, -0.1) is 0 Å². The minimum atomic E-state index is -0.350. The number of rotatable bonds is 3. The van der Waals surface area contributed by atoms with Crippen LogP contribution in [0.3, 0.4) is 0 Å². The van der Waals surface area contributed by atoms with Gasteiger partial charge in [0.1, 0.15) is 6.33 Å². The Hall–Kier alpha value is -1.72. The summed E-state index contributed by atoms with van der Waals surface area (Å²) in [5, 5.41) is 0. The molecular weight excluding hydrogens is 235 g/mol. The molecule has 1 aromatic heterocycles. The third-order valence-electron chi connectivity index (χ3n) is 3.38. The first kappa shape index (κ1) is 12.7. The second kappa shape index (κ2) is 5.29. The summed E-state index contributed by atoms with van der Waals surface area (Å²) in [5.41, 5.74) is 5.70. The summed E-state index contributed by atoms with van der Waals surface area (Å²) in [6.45, 7) is 3.06. The molecule has 1 aromatic rings. The van der Waals surface area contributed by atoms with Gasteiger partial charge in [0.05, 0.1) is 5.69 Å². The number of aryl methyl sites for hydroxylation is 1. The number of hydrogen-bond acceptors (Lipinski definition) is 4. The fourth-order valence-corrected chi connectivity index (χ4v) is 2.24. The van der Waals surface area contributed by atoms with Crippen molar-refractivity contribution in [3.63, 3.8) is 0 Å². The molecule has 5 nitrogen and oxygen atoms in total. The Kier molecular flexibility index (Phi) is 3.74. The van der Waals surface area contributed by atoms with E-state index < -0.39 is 0 Å². The van der Waals surface area contributed by atoms with Crippen molar-refractivity contribution in [1.29, 1.82) is 0 Å². The highest BCUT2D eigenvalue weighted by Crippen LogP contribution is 2.24. The van der Waals surface area contributed by atoms with Crippen molar-refractivity contribution in [3.05, 3.63) is 17.8 Å². The summed E-state index contributed by atoms with van der Waals surface area (Å²) >= 11 is 0. The molecule has 0 radical (unpaired) electrons. The minimum Gasteiger partial charge on any atom is -0.369 e. The van der Waals surface area contributed by atoms with Gasteiger partial charge in [0.15, 0.2) is 11.6 Å². The maximum Gasteiger partial charge on any atom is 0.220 e. The monoisotopic (exact) mass is 252 g/mol. The number of nitrogens with zero attached hydrogens (tertiary/aromatic N) is 3. The van der Waals surface area contributed by atoms with Gasteiger partial charge in [0.25, 0.3) is 0 Å². The van der Waals surface area contributed by atoms with Crippen LogP contribution in [0.15, 0.2) is 6.33 Å². The number of amides is 1. The van der Waals surface area contributed by atoms with E-state index in [0.717, 1.165) is 0 Å². The van der Waals surface area contributed by atoms with Gasteiger partial charge < -0.3 is 10.6 Å². The number of hydrogen-bond donors (Lipinski definition) is 1. The molecule has 0 aliphatic carbocycles. The van der Waals surface area contributed by atoms with E-state index in [1.807, 2.05) is 11.8 Å². The molecule has 0 spiro atoms. The quantitative estimate of drug-likeness (QED) is 0.866. The van der Waals surface area contributed by atoms with E-state index in [1.54, 1.807) is 0 Å². The molecule has 0 unspecified atom stereocenters. The minimum absolute atomic E-state index is 0.100. The van der Waals surface area contributed by atoms with Crippen molar-refractivity contribution < 1.29 is 9.18 Å². The molecule has 18 heavy (non-hydrogen) atoms. The molecule has 2 heterocycles. The smallest absolute Gasteiger partial charge is 0.220 e. The molecule has 2 rings (SSSR count). The van der Waals surface area contributed by atoms with Crippen LogP contribution >= 0.6 is 0 Å². The van der Waals surface area contributed by atoms with E-state index in [0.29, 0.717) is 43.9 Å². The summed E-state index contributed by atoms with van der Waals surface area (Å²) in [6.07, 6.45) is 3.23. The fraction of sp³-hybridized carbons (Fsp3) is 0.583. The van der Waals surface area contributed by atoms with Crippen molar-refractivity contribution in [2.75, 3.05) is 18.0 Å². The summed E-state index contributed by atoms with van der Waals surface area (Å²) in [6, 6.07) is 0. The lowest BCUT2D eigenvalue weighted by atomic mass is 9.96. The maximum atomic E-state index is 14.1. The lowest BCUT2D eigenvalue weighted by Gasteiger charge is -2.31. The predicted molar refractivity (Wildman–Crippen MR) is 65.5 cm³/mol. The number of halogens is 1. The normalized spacial score (nSPS) is 16.9. The van der Waals surface area contributed by atoms with Crippen LogP contribution in [0.1, 0.15) is 25.5 Å². The summed E-state index contributed by atoms with van der Waals surface area (Å²) in [5.74, 6) is -0.383. The van der Waals surface area contributed by atoms with Crippen LogP contribution in [0.4, 0.5) is 10.2 Å². The number of nitrogens with two attached hydrogens (primary N) is 1. The van der Waals surface area contributed by atoms with Gasteiger partial charge in [0.2, 0.25) is 5.91 Å². The van der Waals surface area contributed by atoms with Gasteiger partial charge in [0, 0.05) is 19.0 Å². The number of carbonyl (C=O) groups is 1. The Morgan fingerprint density at radius 3 is 2.72 bits per heavy atom. The molecule has 1 aliphatic heterocycles. The van der Waals surface area contributed by atoms with Crippen LogP contribution in [0.25, 0.3) is 0 Å². The molecule has 0 bridgehead atoms. The van der Waals surface area contributed by atoms with Crippen LogP contribution in [-0.4, -0.2) is 29.0 Å². The van der Waals surface area contributed by atoms with Gasteiger partial charge in [-0.3, -0.25) is 4.79 Å². The molecule has 0 aromatic carbocycles. The Morgan fingerprint density at radius 2 is 2.17 bits per heavy atom. The van der Waals surface area contributed by atoms with E-state index in [9.17, 15) is 9.18 Å². The van der Waals surface area contributed by atoms with Crippen LogP contribution in [-0.2, 0) is 11.2 Å². The van der Waals surface area contributed by atoms with E-state index in [1.165, 1.54) is 6.33 Å². The average molecular weight is 252 g/mol. The highest BCUT2D eigenvalue weighted by molar-refractivity contribution is 5.76. The van der Waals surface area contributed by atoms with Gasteiger partial charge in [-0.05, 0) is 19.3 Å². The molecule has 0 atom stereocenters. The molecule has 2 N–H and O–H groups in total. The van der Waals surface area contributed by atoms with Crippen LogP contribution < -0.4 is 10.6 Å². The molecule has 0 saturated carbocycles. The third kappa shape index (κ3) is 2.42. The van der Waals surface area contributed by atoms with E-state index in [2.05, 4.69) is 9.97 Å². The van der Waals surface area contributed by atoms with Crippen molar-refractivity contribution in [2.24, 2.45) is 11.7 Å². The summed E-state index contributed by atoms with van der Waals surface area (Å²) in [7, 11) is 0. The number of anilines is 1. The lowest BCUT2D eigenvalue weighted by molar-refractivity contribution is -0.122.